The summed E-state index contributed by atoms with van der Waals surface area (Å²) in [5.74, 6) is 0.452. The molecule has 5 rings (SSSR count). The highest BCUT2D eigenvalue weighted by Crippen LogP contribution is 2.41. The van der Waals surface area contributed by atoms with E-state index < -0.39 is 0 Å². The molecule has 1 saturated heterocycles. The number of hydrogen-bond acceptors (Lipinski definition) is 3. The normalized spacial score (nSPS) is 20.3. The Kier molecular flexibility index (Phi) is 7.20. The first-order valence-corrected chi connectivity index (χ1v) is 10.3. The number of nitrogens with two attached hydrogens (primary N) is 1. The van der Waals surface area contributed by atoms with E-state index in [1.165, 1.54) is 17.7 Å². The molecule has 0 unspecified atom stereocenters. The molecule has 31 heavy (non-hydrogen) atoms. The minimum atomic E-state index is -0.351. The quantitative estimate of drug-likeness (QED) is 0.600. The number of likely N-dealkylation sites (tertiary alicyclic amines) is 1. The van der Waals surface area contributed by atoms with Crippen LogP contribution in [0, 0.1) is 11.7 Å². The average molecular weight is 462 g/mol. The van der Waals surface area contributed by atoms with Crippen molar-refractivity contribution in [3.8, 4) is 0 Å². The molecule has 1 aromatic heterocycles. The molecule has 2 aromatic carbocycles. The van der Waals surface area contributed by atoms with Crippen molar-refractivity contribution in [2.75, 3.05) is 19.6 Å². The van der Waals surface area contributed by atoms with Crippen LogP contribution in [-0.4, -0.2) is 35.4 Å². The number of hydrogen-bond donors (Lipinski definition) is 1. The van der Waals surface area contributed by atoms with Gasteiger partial charge < -0.3 is 10.6 Å². The van der Waals surface area contributed by atoms with Crippen LogP contribution in [0.3, 0.4) is 0 Å². The van der Waals surface area contributed by atoms with E-state index in [2.05, 4.69) is 17.1 Å². The minimum absolute atomic E-state index is 0. The Bertz CT molecular complexity index is 1080. The van der Waals surface area contributed by atoms with Crippen LogP contribution in [0.15, 0.2) is 54.6 Å². The number of rotatable bonds is 4. The number of nitrogens with zero attached hydrogens (tertiary/aromatic N) is 2. The number of amides is 1. The zero-order valence-corrected chi connectivity index (χ0v) is 18.7. The summed E-state index contributed by atoms with van der Waals surface area (Å²) in [6.45, 7) is 1.78. The fraction of sp³-hybridized carbons (Fsp3) is 0.333. The second kappa shape index (κ2) is 9.51. The largest absolute Gasteiger partial charge is 0.338 e. The van der Waals surface area contributed by atoms with Gasteiger partial charge in [0.2, 0.25) is 0 Å². The maximum absolute atomic E-state index is 14.0. The molecule has 2 heterocycles. The molecule has 7 heteroatoms. The first-order valence-electron chi connectivity index (χ1n) is 10.3. The van der Waals surface area contributed by atoms with Gasteiger partial charge in [-0.15, -0.1) is 24.8 Å². The lowest BCUT2D eigenvalue weighted by molar-refractivity contribution is 0.0788. The molecule has 1 aliphatic heterocycles. The number of aromatic nitrogens is 1. The molecule has 0 spiro atoms. The van der Waals surface area contributed by atoms with Crippen LogP contribution in [0.25, 0.3) is 10.9 Å². The van der Waals surface area contributed by atoms with Gasteiger partial charge >= 0.3 is 0 Å². The number of halogens is 3. The molecule has 0 bridgehead atoms. The van der Waals surface area contributed by atoms with E-state index in [4.69, 9.17) is 5.73 Å². The molecule has 2 atom stereocenters. The minimum Gasteiger partial charge on any atom is -0.338 e. The van der Waals surface area contributed by atoms with Crippen LogP contribution >= 0.6 is 24.8 Å². The number of pyridine rings is 1. The fourth-order valence-corrected chi connectivity index (χ4v) is 4.51. The topological polar surface area (TPSA) is 59.2 Å². The van der Waals surface area contributed by atoms with Gasteiger partial charge in [-0.25, -0.2) is 4.39 Å². The molecule has 2 N–H and O–H groups in total. The zero-order chi connectivity index (χ0) is 20.0. The molecule has 3 aromatic rings. The van der Waals surface area contributed by atoms with E-state index in [0.717, 1.165) is 18.5 Å². The number of fused-ring (bicyclic) bond motifs is 1. The summed E-state index contributed by atoms with van der Waals surface area (Å²) in [5, 5.41) is 0.590. The Hall–Kier alpha value is -2.21. The summed E-state index contributed by atoms with van der Waals surface area (Å²) < 4.78 is 14.0. The molecule has 164 valence electrons. The lowest BCUT2D eigenvalue weighted by Gasteiger charge is -2.18. The van der Waals surface area contributed by atoms with Crippen LogP contribution in [0.1, 0.15) is 46.3 Å². The smallest absolute Gasteiger partial charge is 0.254 e. The van der Waals surface area contributed by atoms with Crippen LogP contribution in [-0.2, 0) is 0 Å². The third-order valence-corrected chi connectivity index (χ3v) is 6.28. The van der Waals surface area contributed by atoms with Gasteiger partial charge in [0.1, 0.15) is 5.82 Å². The van der Waals surface area contributed by atoms with Crippen molar-refractivity contribution in [3.05, 3.63) is 77.2 Å². The van der Waals surface area contributed by atoms with Gasteiger partial charge in [0, 0.05) is 36.0 Å². The maximum atomic E-state index is 14.0. The predicted molar refractivity (Wildman–Crippen MR) is 126 cm³/mol. The Morgan fingerprint density at radius 3 is 2.48 bits per heavy atom. The highest BCUT2D eigenvalue weighted by molar-refractivity contribution is 6.06. The third-order valence-electron chi connectivity index (χ3n) is 6.28. The summed E-state index contributed by atoms with van der Waals surface area (Å²) >= 11 is 0. The van der Waals surface area contributed by atoms with E-state index in [0.29, 0.717) is 42.0 Å². The van der Waals surface area contributed by atoms with Gasteiger partial charge in [0.25, 0.3) is 5.91 Å². The van der Waals surface area contributed by atoms with Gasteiger partial charge in [-0.2, -0.15) is 0 Å². The molecule has 2 aliphatic rings. The van der Waals surface area contributed by atoms with E-state index >= 15 is 0 Å². The molecule has 1 saturated carbocycles. The molecule has 2 fully saturated rings. The maximum Gasteiger partial charge on any atom is 0.254 e. The van der Waals surface area contributed by atoms with E-state index in [-0.39, 0.29) is 48.4 Å². The summed E-state index contributed by atoms with van der Waals surface area (Å²) in [6, 6.07) is 16.6. The highest BCUT2D eigenvalue weighted by atomic mass is 35.5. The van der Waals surface area contributed by atoms with E-state index in [9.17, 15) is 9.18 Å². The van der Waals surface area contributed by atoms with Crippen molar-refractivity contribution >= 4 is 41.6 Å². The fourth-order valence-electron chi connectivity index (χ4n) is 4.51. The Morgan fingerprint density at radius 1 is 1.06 bits per heavy atom. The molecule has 1 aliphatic carbocycles. The molecular weight excluding hydrogens is 436 g/mol. The predicted octanol–water partition coefficient (Wildman–Crippen LogP) is 4.91. The monoisotopic (exact) mass is 461 g/mol. The van der Waals surface area contributed by atoms with Gasteiger partial charge in [-0.05, 0) is 55.1 Å². The van der Waals surface area contributed by atoms with Crippen molar-refractivity contribution in [1.29, 1.82) is 0 Å². The molecule has 1 amide bonds. The Morgan fingerprint density at radius 2 is 1.81 bits per heavy atom. The van der Waals surface area contributed by atoms with Gasteiger partial charge in [0.05, 0.1) is 11.1 Å². The standard InChI is InChI=1S/C24H24FN3O.2ClH/c25-18-8-9-22-19(10-18)20(11-23(27-22)16-6-7-16)24(29)28-13-17(12-26)21(14-28)15-4-2-1-3-5-15;;/h1-5,8-11,16-17,21H,6-7,12-14,26H2;2*1H/t17-,21+;;/m1../s1. The SMILES string of the molecule is Cl.Cl.NC[C@@H]1CN(C(=O)c2cc(C3CC3)nc3ccc(F)cc23)C[C@H]1c1ccccc1. The van der Waals surface area contributed by atoms with E-state index in [1.807, 2.05) is 29.2 Å². The van der Waals surface area contributed by atoms with Crippen LogP contribution < -0.4 is 5.73 Å². The molecule has 4 nitrogen and oxygen atoms in total. The zero-order valence-electron chi connectivity index (χ0n) is 17.0. The van der Waals surface area contributed by atoms with Crippen LogP contribution in [0.5, 0.6) is 0 Å². The summed E-state index contributed by atoms with van der Waals surface area (Å²) in [5.41, 5.74) is 9.45. The average Bonchev–Trinajstić information content (AvgIpc) is 3.51. The molecule has 0 radical (unpaired) electrons. The first-order chi connectivity index (χ1) is 14.1. The molecular formula is C24H26Cl2FN3O. The van der Waals surface area contributed by atoms with Crippen LogP contribution in [0.2, 0.25) is 0 Å². The lowest BCUT2D eigenvalue weighted by Crippen LogP contribution is -2.30. The van der Waals surface area contributed by atoms with E-state index in [1.54, 1.807) is 6.07 Å². The summed E-state index contributed by atoms with van der Waals surface area (Å²) in [4.78, 5) is 20.1. The van der Waals surface area contributed by atoms with Crippen molar-refractivity contribution in [3.63, 3.8) is 0 Å². The number of carbonyl (C=O) groups is 1. The third kappa shape index (κ3) is 4.54. The van der Waals surface area contributed by atoms with Crippen molar-refractivity contribution in [2.24, 2.45) is 11.7 Å². The van der Waals surface area contributed by atoms with Gasteiger partial charge in [-0.3, -0.25) is 9.78 Å². The number of benzene rings is 2. The van der Waals surface area contributed by atoms with Crippen molar-refractivity contribution in [1.82, 2.24) is 9.88 Å². The van der Waals surface area contributed by atoms with Gasteiger partial charge in [0.15, 0.2) is 0 Å². The summed E-state index contributed by atoms with van der Waals surface area (Å²) in [6.07, 6.45) is 2.20. The Labute approximate surface area is 193 Å². The summed E-state index contributed by atoms with van der Waals surface area (Å²) in [7, 11) is 0. The second-order valence-electron chi connectivity index (χ2n) is 8.25. The van der Waals surface area contributed by atoms with Gasteiger partial charge in [-0.1, -0.05) is 30.3 Å². The lowest BCUT2D eigenvalue weighted by atomic mass is 9.89. The van der Waals surface area contributed by atoms with Crippen LogP contribution in [0.4, 0.5) is 4.39 Å². The Balaban J connectivity index is 0.00000136. The number of carbonyl (C=O) groups excluding carboxylic acids is 1. The van der Waals surface area contributed by atoms with Crippen molar-refractivity contribution in [2.45, 2.75) is 24.7 Å². The first kappa shape index (κ1) is 23.5. The highest BCUT2D eigenvalue weighted by Gasteiger charge is 2.36. The van der Waals surface area contributed by atoms with Crippen molar-refractivity contribution < 1.29 is 9.18 Å². The second-order valence-corrected chi connectivity index (χ2v) is 8.25.